The van der Waals surface area contributed by atoms with E-state index in [2.05, 4.69) is 10.00 Å². The molecule has 0 aliphatic carbocycles. The van der Waals surface area contributed by atoms with Crippen LogP contribution >= 0.6 is 11.6 Å². The molecule has 2 aromatic rings. The summed E-state index contributed by atoms with van der Waals surface area (Å²) in [5, 5.41) is 4.78. The summed E-state index contributed by atoms with van der Waals surface area (Å²) >= 11 is 6.54. The molecule has 2 amide bonds. The zero-order valence-electron chi connectivity index (χ0n) is 17.1. The van der Waals surface area contributed by atoms with E-state index in [9.17, 15) is 9.59 Å². The number of para-hydroxylation sites is 1. The van der Waals surface area contributed by atoms with Crippen molar-refractivity contribution in [2.75, 3.05) is 59.0 Å². The smallest absolute Gasteiger partial charge is 0.259 e. The summed E-state index contributed by atoms with van der Waals surface area (Å²) in [6.45, 7) is 7.14. The van der Waals surface area contributed by atoms with Crippen molar-refractivity contribution in [2.45, 2.75) is 6.92 Å². The maximum absolute atomic E-state index is 13.1. The molecule has 3 heterocycles. The van der Waals surface area contributed by atoms with Crippen molar-refractivity contribution in [3.63, 3.8) is 0 Å². The molecule has 4 rings (SSSR count). The van der Waals surface area contributed by atoms with Crippen molar-refractivity contribution < 1.29 is 14.3 Å². The lowest BCUT2D eigenvalue weighted by Gasteiger charge is -2.36. The Morgan fingerprint density at radius 3 is 2.30 bits per heavy atom. The van der Waals surface area contributed by atoms with Crippen LogP contribution in [0.1, 0.15) is 16.1 Å². The Balaban J connectivity index is 1.39. The molecule has 9 heteroatoms. The van der Waals surface area contributed by atoms with Crippen LogP contribution in [0.3, 0.4) is 0 Å². The molecular formula is C21H26ClN5O3. The maximum Gasteiger partial charge on any atom is 0.259 e. The fraction of sp³-hybridized carbons (Fsp3) is 0.476. The highest BCUT2D eigenvalue weighted by atomic mass is 35.5. The number of amides is 2. The first-order valence-electron chi connectivity index (χ1n) is 10.2. The van der Waals surface area contributed by atoms with Gasteiger partial charge in [0.05, 0.1) is 36.7 Å². The number of carbonyl (C=O) groups is 2. The van der Waals surface area contributed by atoms with Gasteiger partial charge in [-0.25, -0.2) is 4.68 Å². The van der Waals surface area contributed by atoms with Gasteiger partial charge in [0.1, 0.15) is 5.15 Å². The molecule has 8 nitrogen and oxygen atoms in total. The van der Waals surface area contributed by atoms with Crippen molar-refractivity contribution in [3.8, 4) is 5.69 Å². The first kappa shape index (κ1) is 20.8. The van der Waals surface area contributed by atoms with E-state index >= 15 is 0 Å². The largest absolute Gasteiger partial charge is 0.379 e. The first-order chi connectivity index (χ1) is 14.5. The number of piperazine rings is 1. The van der Waals surface area contributed by atoms with Gasteiger partial charge in [-0.05, 0) is 19.1 Å². The van der Waals surface area contributed by atoms with Gasteiger partial charge in [0.25, 0.3) is 5.91 Å². The molecule has 0 N–H and O–H groups in total. The Morgan fingerprint density at radius 2 is 1.63 bits per heavy atom. The molecule has 2 aliphatic heterocycles. The monoisotopic (exact) mass is 431 g/mol. The van der Waals surface area contributed by atoms with Crippen LogP contribution in [0.4, 0.5) is 0 Å². The third-order valence-electron chi connectivity index (χ3n) is 5.60. The topological polar surface area (TPSA) is 70.9 Å². The maximum atomic E-state index is 13.1. The van der Waals surface area contributed by atoms with Crippen LogP contribution in [0.25, 0.3) is 5.69 Å². The summed E-state index contributed by atoms with van der Waals surface area (Å²) in [6.07, 6.45) is 0. The van der Waals surface area contributed by atoms with Gasteiger partial charge in [-0.3, -0.25) is 14.5 Å². The number of aromatic nitrogens is 2. The summed E-state index contributed by atoms with van der Waals surface area (Å²) in [5.74, 6) is -0.0323. The number of ether oxygens (including phenoxy) is 1. The normalized spacial score (nSPS) is 17.9. The number of halogens is 1. The summed E-state index contributed by atoms with van der Waals surface area (Å²) in [6, 6.07) is 9.51. The third-order valence-corrected chi connectivity index (χ3v) is 5.95. The third kappa shape index (κ3) is 4.35. The van der Waals surface area contributed by atoms with E-state index in [1.54, 1.807) is 16.5 Å². The summed E-state index contributed by atoms with van der Waals surface area (Å²) in [5.41, 5.74) is 1.83. The predicted octanol–water partition coefficient (Wildman–Crippen LogP) is 1.45. The van der Waals surface area contributed by atoms with Gasteiger partial charge in [-0.15, -0.1) is 0 Å². The SMILES string of the molecule is Cc1nn(-c2ccccc2)c(Cl)c1C(=O)N1CCN(C(=O)CN2CCOCC2)CC1. The number of hydrogen-bond donors (Lipinski definition) is 0. The minimum Gasteiger partial charge on any atom is -0.379 e. The number of rotatable bonds is 4. The lowest BCUT2D eigenvalue weighted by molar-refractivity contribution is -0.134. The van der Waals surface area contributed by atoms with Gasteiger partial charge in [-0.2, -0.15) is 5.10 Å². The molecule has 1 aromatic carbocycles. The van der Waals surface area contributed by atoms with Crippen LogP contribution in [0.2, 0.25) is 5.15 Å². The highest BCUT2D eigenvalue weighted by molar-refractivity contribution is 6.33. The molecule has 1 aromatic heterocycles. The fourth-order valence-electron chi connectivity index (χ4n) is 3.85. The van der Waals surface area contributed by atoms with E-state index in [1.165, 1.54) is 0 Å². The molecule has 0 saturated carbocycles. The second kappa shape index (κ2) is 9.16. The fourth-order valence-corrected chi connectivity index (χ4v) is 4.20. The van der Waals surface area contributed by atoms with Crippen LogP contribution in [-0.2, 0) is 9.53 Å². The lowest BCUT2D eigenvalue weighted by atomic mass is 10.2. The Hall–Kier alpha value is -2.42. The lowest BCUT2D eigenvalue weighted by Crippen LogP contribution is -2.53. The second-order valence-electron chi connectivity index (χ2n) is 7.56. The predicted molar refractivity (Wildman–Crippen MR) is 113 cm³/mol. The summed E-state index contributed by atoms with van der Waals surface area (Å²) in [4.78, 5) is 31.4. The molecule has 0 radical (unpaired) electrons. The number of nitrogens with zero attached hydrogens (tertiary/aromatic N) is 5. The standard InChI is InChI=1S/C21H26ClN5O3/c1-16-19(20(22)27(23-16)17-5-3-2-4-6-17)21(29)26-9-7-25(8-10-26)18(28)15-24-11-13-30-14-12-24/h2-6H,7-15H2,1H3. The first-order valence-corrected chi connectivity index (χ1v) is 10.6. The Kier molecular flexibility index (Phi) is 6.36. The van der Waals surface area contributed by atoms with Gasteiger partial charge >= 0.3 is 0 Å². The number of morpholine rings is 1. The zero-order chi connectivity index (χ0) is 21.1. The van der Waals surface area contributed by atoms with E-state index in [0.717, 1.165) is 18.8 Å². The molecule has 0 atom stereocenters. The summed E-state index contributed by atoms with van der Waals surface area (Å²) in [7, 11) is 0. The molecule has 2 aliphatic rings. The number of aryl methyl sites for hydroxylation is 1. The molecule has 160 valence electrons. The Labute approximate surface area is 180 Å². The van der Waals surface area contributed by atoms with Crippen LogP contribution in [-0.4, -0.2) is 95.3 Å². The molecule has 2 fully saturated rings. The van der Waals surface area contributed by atoms with Crippen LogP contribution in [0.15, 0.2) is 30.3 Å². The quantitative estimate of drug-likeness (QED) is 0.732. The Bertz CT molecular complexity index is 903. The highest BCUT2D eigenvalue weighted by Gasteiger charge is 2.30. The van der Waals surface area contributed by atoms with Crippen molar-refractivity contribution in [1.29, 1.82) is 0 Å². The zero-order valence-corrected chi connectivity index (χ0v) is 17.8. The molecule has 0 unspecified atom stereocenters. The van der Waals surface area contributed by atoms with Crippen molar-refractivity contribution >= 4 is 23.4 Å². The van der Waals surface area contributed by atoms with E-state index in [0.29, 0.717) is 62.3 Å². The minimum atomic E-state index is -0.139. The second-order valence-corrected chi connectivity index (χ2v) is 7.92. The van der Waals surface area contributed by atoms with Crippen molar-refractivity contribution in [1.82, 2.24) is 24.5 Å². The number of hydrogen-bond acceptors (Lipinski definition) is 5. The molecule has 0 spiro atoms. The van der Waals surface area contributed by atoms with E-state index < -0.39 is 0 Å². The number of carbonyl (C=O) groups excluding carboxylic acids is 2. The molecule has 2 saturated heterocycles. The highest BCUT2D eigenvalue weighted by Crippen LogP contribution is 2.25. The van der Waals surface area contributed by atoms with Crippen LogP contribution in [0, 0.1) is 6.92 Å². The van der Waals surface area contributed by atoms with Crippen molar-refractivity contribution in [3.05, 3.63) is 46.7 Å². The van der Waals surface area contributed by atoms with E-state index in [-0.39, 0.29) is 11.8 Å². The minimum absolute atomic E-state index is 0.107. The van der Waals surface area contributed by atoms with Crippen LogP contribution in [0.5, 0.6) is 0 Å². The Morgan fingerprint density at radius 1 is 1.00 bits per heavy atom. The van der Waals surface area contributed by atoms with Gasteiger partial charge in [0.2, 0.25) is 5.91 Å². The van der Waals surface area contributed by atoms with Gasteiger partial charge in [0, 0.05) is 39.3 Å². The van der Waals surface area contributed by atoms with Crippen molar-refractivity contribution in [2.24, 2.45) is 0 Å². The number of benzene rings is 1. The van der Waals surface area contributed by atoms with Gasteiger partial charge in [-0.1, -0.05) is 29.8 Å². The molecule has 0 bridgehead atoms. The van der Waals surface area contributed by atoms with E-state index in [1.807, 2.05) is 35.2 Å². The van der Waals surface area contributed by atoms with Crippen LogP contribution < -0.4 is 0 Å². The molecule has 30 heavy (non-hydrogen) atoms. The summed E-state index contributed by atoms with van der Waals surface area (Å²) < 4.78 is 6.92. The van der Waals surface area contributed by atoms with E-state index in [4.69, 9.17) is 16.3 Å². The van der Waals surface area contributed by atoms with Gasteiger partial charge in [0.15, 0.2) is 0 Å². The molecular weight excluding hydrogens is 406 g/mol. The average Bonchev–Trinajstić information content (AvgIpc) is 3.08. The average molecular weight is 432 g/mol. The van der Waals surface area contributed by atoms with Gasteiger partial charge < -0.3 is 14.5 Å².